The minimum Gasteiger partial charge on any atom is -0.361 e. The second kappa shape index (κ2) is 4.40. The fourth-order valence-corrected chi connectivity index (χ4v) is 3.39. The van der Waals surface area contributed by atoms with E-state index in [0.29, 0.717) is 24.5 Å². The van der Waals surface area contributed by atoms with Gasteiger partial charge in [-0.2, -0.15) is 0 Å². The van der Waals surface area contributed by atoms with Gasteiger partial charge in [-0.3, -0.25) is 4.79 Å². The lowest BCUT2D eigenvalue weighted by molar-refractivity contribution is 0.0725. The van der Waals surface area contributed by atoms with Gasteiger partial charge in [0.25, 0.3) is 5.91 Å². The number of amides is 1. The highest BCUT2D eigenvalue weighted by Crippen LogP contribution is 2.31. The molecule has 0 saturated carbocycles. The summed E-state index contributed by atoms with van der Waals surface area (Å²) < 4.78 is 5.72. The Labute approximate surface area is 113 Å². The first-order chi connectivity index (χ1) is 8.63. The molecule has 0 radical (unpaired) electrons. The number of carbonyl (C=O) groups excluding carboxylic acids is 1. The quantitative estimate of drug-likeness (QED) is 0.808. The molecule has 0 saturated heterocycles. The van der Waals surface area contributed by atoms with Crippen molar-refractivity contribution in [2.24, 2.45) is 0 Å². The van der Waals surface area contributed by atoms with Crippen LogP contribution in [0.2, 0.25) is 4.34 Å². The zero-order valence-electron chi connectivity index (χ0n) is 9.77. The first-order valence-electron chi connectivity index (χ1n) is 5.63. The molecule has 0 bridgehead atoms. The zero-order valence-corrected chi connectivity index (χ0v) is 11.3. The molecule has 0 aliphatic carbocycles. The summed E-state index contributed by atoms with van der Waals surface area (Å²) in [6.45, 7) is 3.08. The van der Waals surface area contributed by atoms with Gasteiger partial charge in [0, 0.05) is 24.0 Å². The summed E-state index contributed by atoms with van der Waals surface area (Å²) >= 11 is 7.58. The Hall–Kier alpha value is -1.33. The predicted molar refractivity (Wildman–Crippen MR) is 69.0 cm³/mol. The number of aromatic nitrogens is 1. The number of aryl methyl sites for hydroxylation is 1. The number of halogens is 1. The van der Waals surface area contributed by atoms with Gasteiger partial charge < -0.3 is 9.42 Å². The molecule has 3 heterocycles. The van der Waals surface area contributed by atoms with Crippen LogP contribution in [0.5, 0.6) is 0 Å². The molecule has 1 amide bonds. The maximum Gasteiger partial charge on any atom is 0.276 e. The largest absolute Gasteiger partial charge is 0.361 e. The first kappa shape index (κ1) is 11.7. The van der Waals surface area contributed by atoms with E-state index in [9.17, 15) is 4.79 Å². The van der Waals surface area contributed by atoms with E-state index in [4.69, 9.17) is 16.1 Å². The van der Waals surface area contributed by atoms with Crippen molar-refractivity contribution in [1.29, 1.82) is 0 Å². The molecule has 0 atom stereocenters. The van der Waals surface area contributed by atoms with Crippen LogP contribution in [0, 0.1) is 6.92 Å². The Morgan fingerprint density at radius 2 is 2.39 bits per heavy atom. The summed E-state index contributed by atoms with van der Waals surface area (Å²) in [6, 6.07) is 3.60. The van der Waals surface area contributed by atoms with Crippen LogP contribution in [0.1, 0.15) is 26.7 Å². The predicted octanol–water partition coefficient (Wildman–Crippen LogP) is 2.90. The molecule has 2 aromatic heterocycles. The summed E-state index contributed by atoms with van der Waals surface area (Å²) in [7, 11) is 0. The van der Waals surface area contributed by atoms with Gasteiger partial charge >= 0.3 is 0 Å². The molecule has 18 heavy (non-hydrogen) atoms. The van der Waals surface area contributed by atoms with Crippen LogP contribution < -0.4 is 0 Å². The van der Waals surface area contributed by atoms with Crippen molar-refractivity contribution >= 4 is 28.8 Å². The van der Waals surface area contributed by atoms with E-state index in [1.807, 2.05) is 6.07 Å². The Kier molecular flexibility index (Phi) is 2.87. The van der Waals surface area contributed by atoms with Crippen molar-refractivity contribution in [3.8, 4) is 0 Å². The molecule has 0 aromatic carbocycles. The lowest BCUT2D eigenvalue weighted by atomic mass is 10.1. The van der Waals surface area contributed by atoms with Crippen molar-refractivity contribution < 1.29 is 9.32 Å². The van der Waals surface area contributed by atoms with Gasteiger partial charge in [-0.15, -0.1) is 11.3 Å². The normalized spacial score (nSPS) is 14.7. The smallest absolute Gasteiger partial charge is 0.276 e. The van der Waals surface area contributed by atoms with Crippen LogP contribution in [0.3, 0.4) is 0 Å². The second-order valence-corrected chi connectivity index (χ2v) is 6.07. The number of hydrogen-bond donors (Lipinski definition) is 0. The van der Waals surface area contributed by atoms with Gasteiger partial charge in [-0.1, -0.05) is 16.8 Å². The first-order valence-corrected chi connectivity index (χ1v) is 6.82. The lowest BCUT2D eigenvalue weighted by Crippen LogP contribution is -2.35. The number of hydrogen-bond acceptors (Lipinski definition) is 4. The number of rotatable bonds is 1. The molecule has 6 heteroatoms. The standard InChI is InChI=1S/C12H11ClN2O2S/c1-7-4-9(14-17-7)12(16)15-3-2-10-8(6-15)5-11(13)18-10/h4-5H,2-3,6H2,1H3. The van der Waals surface area contributed by atoms with Gasteiger partial charge in [-0.25, -0.2) is 0 Å². The molecule has 0 fully saturated rings. The van der Waals surface area contributed by atoms with Gasteiger partial charge in [-0.05, 0) is 25.0 Å². The zero-order chi connectivity index (χ0) is 12.7. The molecule has 4 nitrogen and oxygen atoms in total. The Bertz CT molecular complexity index is 605. The summed E-state index contributed by atoms with van der Waals surface area (Å²) in [6.07, 6.45) is 0.856. The average molecular weight is 283 g/mol. The molecule has 1 aliphatic rings. The number of nitrogens with zero attached hydrogens (tertiary/aromatic N) is 2. The molecule has 0 unspecified atom stereocenters. The molecular weight excluding hydrogens is 272 g/mol. The SMILES string of the molecule is Cc1cc(C(=O)N2CCc3sc(Cl)cc3C2)no1. The van der Waals surface area contributed by atoms with E-state index in [-0.39, 0.29) is 5.91 Å². The van der Waals surface area contributed by atoms with Gasteiger partial charge in [0.2, 0.25) is 0 Å². The van der Waals surface area contributed by atoms with E-state index in [1.54, 1.807) is 29.2 Å². The highest BCUT2D eigenvalue weighted by molar-refractivity contribution is 7.16. The average Bonchev–Trinajstić information content (AvgIpc) is 2.92. The van der Waals surface area contributed by atoms with Crippen molar-refractivity contribution in [1.82, 2.24) is 10.1 Å². The Morgan fingerprint density at radius 3 is 3.11 bits per heavy atom. The second-order valence-electron chi connectivity index (χ2n) is 4.30. The molecule has 1 aliphatic heterocycles. The summed E-state index contributed by atoms with van der Waals surface area (Å²) in [5.41, 5.74) is 1.52. The van der Waals surface area contributed by atoms with E-state index in [2.05, 4.69) is 5.16 Å². The molecule has 2 aromatic rings. The number of fused-ring (bicyclic) bond motifs is 1. The lowest BCUT2D eigenvalue weighted by Gasteiger charge is -2.25. The van der Waals surface area contributed by atoms with Crippen molar-refractivity contribution in [3.63, 3.8) is 0 Å². The maximum atomic E-state index is 12.2. The third kappa shape index (κ3) is 2.04. The molecule has 94 valence electrons. The highest BCUT2D eigenvalue weighted by atomic mass is 35.5. The topological polar surface area (TPSA) is 46.3 Å². The molecular formula is C12H11ClN2O2S. The third-order valence-corrected chi connectivity index (χ3v) is 4.34. The van der Waals surface area contributed by atoms with Crippen LogP contribution in [-0.4, -0.2) is 22.5 Å². The van der Waals surface area contributed by atoms with Gasteiger partial charge in [0.05, 0.1) is 4.34 Å². The summed E-state index contributed by atoms with van der Waals surface area (Å²) in [5, 5.41) is 3.76. The van der Waals surface area contributed by atoms with E-state index < -0.39 is 0 Å². The fourth-order valence-electron chi connectivity index (χ4n) is 2.10. The Balaban J connectivity index is 1.81. The van der Waals surface area contributed by atoms with Crippen LogP contribution >= 0.6 is 22.9 Å². The van der Waals surface area contributed by atoms with E-state index in [1.165, 1.54) is 4.88 Å². The van der Waals surface area contributed by atoms with Crippen LogP contribution in [-0.2, 0) is 13.0 Å². The molecule has 3 rings (SSSR count). The molecule has 0 spiro atoms. The van der Waals surface area contributed by atoms with Crippen LogP contribution in [0.25, 0.3) is 0 Å². The van der Waals surface area contributed by atoms with Gasteiger partial charge in [0.15, 0.2) is 5.69 Å². The van der Waals surface area contributed by atoms with E-state index in [0.717, 1.165) is 16.3 Å². The summed E-state index contributed by atoms with van der Waals surface area (Å²) in [4.78, 5) is 15.3. The monoisotopic (exact) mass is 282 g/mol. The fraction of sp³-hybridized carbons (Fsp3) is 0.333. The Morgan fingerprint density at radius 1 is 1.56 bits per heavy atom. The van der Waals surface area contributed by atoms with E-state index >= 15 is 0 Å². The molecule has 0 N–H and O–H groups in total. The van der Waals surface area contributed by atoms with Crippen molar-refractivity contribution in [2.75, 3.05) is 6.54 Å². The highest BCUT2D eigenvalue weighted by Gasteiger charge is 2.25. The minimum absolute atomic E-state index is 0.0835. The number of carbonyl (C=O) groups is 1. The van der Waals surface area contributed by atoms with Crippen molar-refractivity contribution in [2.45, 2.75) is 19.9 Å². The third-order valence-electron chi connectivity index (χ3n) is 2.97. The van der Waals surface area contributed by atoms with Gasteiger partial charge in [0.1, 0.15) is 5.76 Å². The minimum atomic E-state index is -0.0835. The maximum absolute atomic E-state index is 12.2. The van der Waals surface area contributed by atoms with Crippen LogP contribution in [0.4, 0.5) is 0 Å². The van der Waals surface area contributed by atoms with Crippen molar-refractivity contribution in [3.05, 3.63) is 38.4 Å². The number of thiophene rings is 1. The summed E-state index contributed by atoms with van der Waals surface area (Å²) in [5.74, 6) is 0.564. The van der Waals surface area contributed by atoms with Crippen LogP contribution in [0.15, 0.2) is 16.7 Å².